The molecule has 5 nitrogen and oxygen atoms in total. The Labute approximate surface area is 110 Å². The van der Waals surface area contributed by atoms with E-state index >= 15 is 0 Å². The van der Waals surface area contributed by atoms with Gasteiger partial charge in [0.05, 0.1) is 25.4 Å². The van der Waals surface area contributed by atoms with Gasteiger partial charge in [-0.05, 0) is 40.5 Å². The van der Waals surface area contributed by atoms with Gasteiger partial charge in [-0.25, -0.2) is 4.79 Å². The fourth-order valence-corrected chi connectivity index (χ4v) is 2.35. The predicted octanol–water partition coefficient (Wildman–Crippen LogP) is 1.75. The molecule has 0 unspecified atom stereocenters. The van der Waals surface area contributed by atoms with Gasteiger partial charge in [0.2, 0.25) is 0 Å². The zero-order valence-corrected chi connectivity index (χ0v) is 11.9. The lowest BCUT2D eigenvalue weighted by molar-refractivity contribution is -0.0507. The van der Waals surface area contributed by atoms with Crippen molar-refractivity contribution in [2.24, 2.45) is 5.73 Å². The molecule has 0 radical (unpaired) electrons. The highest BCUT2D eigenvalue weighted by Gasteiger charge is 2.36. The molecule has 2 atom stereocenters. The highest BCUT2D eigenvalue weighted by molar-refractivity contribution is 5.69. The molecule has 1 amide bonds. The smallest absolute Gasteiger partial charge is 0.410 e. The molecule has 1 rings (SSSR count). The monoisotopic (exact) mass is 258 g/mol. The average Bonchev–Trinajstić information content (AvgIpc) is 2.28. The molecule has 0 aromatic rings. The molecule has 1 saturated heterocycles. The Hall–Kier alpha value is -0.810. The van der Waals surface area contributed by atoms with Gasteiger partial charge in [0.1, 0.15) is 0 Å². The normalized spacial score (nSPS) is 24.7. The molecule has 1 fully saturated rings. The van der Waals surface area contributed by atoms with E-state index in [4.69, 9.17) is 15.2 Å². The van der Waals surface area contributed by atoms with E-state index < -0.39 is 0 Å². The van der Waals surface area contributed by atoms with Gasteiger partial charge in [-0.3, -0.25) is 4.90 Å². The van der Waals surface area contributed by atoms with E-state index in [0.717, 1.165) is 12.8 Å². The van der Waals surface area contributed by atoms with E-state index in [1.807, 2.05) is 27.7 Å². The molecule has 0 spiro atoms. The van der Waals surface area contributed by atoms with Gasteiger partial charge in [-0.15, -0.1) is 0 Å². The van der Waals surface area contributed by atoms with Crippen LogP contribution < -0.4 is 5.73 Å². The van der Waals surface area contributed by atoms with Crippen molar-refractivity contribution in [2.75, 3.05) is 19.8 Å². The van der Waals surface area contributed by atoms with Crippen molar-refractivity contribution in [1.82, 2.24) is 4.90 Å². The molecular weight excluding hydrogens is 232 g/mol. The second-order valence-electron chi connectivity index (χ2n) is 5.66. The van der Waals surface area contributed by atoms with Gasteiger partial charge < -0.3 is 15.2 Å². The third kappa shape index (κ3) is 3.85. The van der Waals surface area contributed by atoms with E-state index in [2.05, 4.69) is 0 Å². The number of carbonyl (C=O) groups excluding carboxylic acids is 1. The lowest BCUT2D eigenvalue weighted by atomic mass is 9.98. The van der Waals surface area contributed by atoms with Crippen molar-refractivity contribution in [3.63, 3.8) is 0 Å². The van der Waals surface area contributed by atoms with Crippen molar-refractivity contribution in [3.05, 3.63) is 0 Å². The molecule has 0 saturated carbocycles. The van der Waals surface area contributed by atoms with E-state index in [1.54, 1.807) is 4.90 Å². The Morgan fingerprint density at radius 3 is 2.50 bits per heavy atom. The maximum atomic E-state index is 12.1. The zero-order chi connectivity index (χ0) is 13.8. The lowest BCUT2D eigenvalue weighted by Crippen LogP contribution is -2.55. The summed E-state index contributed by atoms with van der Waals surface area (Å²) in [6.07, 6.45) is 1.68. The summed E-state index contributed by atoms with van der Waals surface area (Å²) in [4.78, 5) is 13.9. The van der Waals surface area contributed by atoms with Crippen LogP contribution in [0, 0.1) is 0 Å². The average molecular weight is 258 g/mol. The van der Waals surface area contributed by atoms with E-state index in [0.29, 0.717) is 19.8 Å². The molecule has 1 aliphatic rings. The Kier molecular flexibility index (Phi) is 5.41. The Bertz CT molecular complexity index is 268. The first-order valence-corrected chi connectivity index (χ1v) is 6.68. The molecular formula is C13H26N2O3. The zero-order valence-electron chi connectivity index (χ0n) is 11.9. The van der Waals surface area contributed by atoms with Crippen LogP contribution in [0.5, 0.6) is 0 Å². The van der Waals surface area contributed by atoms with Crippen molar-refractivity contribution < 1.29 is 14.3 Å². The number of nitrogens with zero attached hydrogens (tertiary/aromatic N) is 1. The number of amides is 1. The maximum absolute atomic E-state index is 12.1. The summed E-state index contributed by atoms with van der Waals surface area (Å²) in [6.45, 7) is 9.33. The van der Waals surface area contributed by atoms with E-state index in [1.165, 1.54) is 0 Å². The number of hydrogen-bond donors (Lipinski definition) is 1. The first kappa shape index (κ1) is 15.2. The summed E-state index contributed by atoms with van der Waals surface area (Å²) in [5, 5.41) is 0. The quantitative estimate of drug-likeness (QED) is 0.837. The summed E-state index contributed by atoms with van der Waals surface area (Å²) < 4.78 is 10.8. The minimum Gasteiger partial charge on any atom is -0.450 e. The summed E-state index contributed by atoms with van der Waals surface area (Å²) in [5.41, 5.74) is 5.32. The third-order valence-corrected chi connectivity index (χ3v) is 3.16. The third-order valence-electron chi connectivity index (χ3n) is 3.16. The SMILES string of the molecule is CCOC(=O)N([C@@H]1CC[C@@H](CN)OC1)C(C)(C)C. The van der Waals surface area contributed by atoms with Gasteiger partial charge in [0.25, 0.3) is 0 Å². The van der Waals surface area contributed by atoms with Crippen molar-refractivity contribution in [3.8, 4) is 0 Å². The summed E-state index contributed by atoms with van der Waals surface area (Å²) in [7, 11) is 0. The van der Waals surface area contributed by atoms with Gasteiger partial charge in [-0.1, -0.05) is 0 Å². The van der Waals surface area contributed by atoms with Gasteiger partial charge in [-0.2, -0.15) is 0 Å². The number of carbonyl (C=O) groups is 1. The molecule has 1 aliphatic heterocycles. The van der Waals surface area contributed by atoms with Crippen molar-refractivity contribution in [2.45, 2.75) is 58.2 Å². The van der Waals surface area contributed by atoms with Crippen LogP contribution in [-0.4, -0.2) is 48.4 Å². The van der Waals surface area contributed by atoms with Crippen LogP contribution in [0.1, 0.15) is 40.5 Å². The predicted molar refractivity (Wildman–Crippen MR) is 70.4 cm³/mol. The molecule has 0 aromatic heterocycles. The fraction of sp³-hybridized carbons (Fsp3) is 0.923. The highest BCUT2D eigenvalue weighted by Crippen LogP contribution is 2.25. The van der Waals surface area contributed by atoms with Crippen LogP contribution in [0.4, 0.5) is 4.79 Å². The Balaban J connectivity index is 2.70. The number of hydrogen-bond acceptors (Lipinski definition) is 4. The first-order chi connectivity index (χ1) is 8.40. The number of rotatable bonds is 3. The second kappa shape index (κ2) is 6.38. The summed E-state index contributed by atoms with van der Waals surface area (Å²) in [5.74, 6) is 0. The van der Waals surface area contributed by atoms with Crippen molar-refractivity contribution in [1.29, 1.82) is 0 Å². The van der Waals surface area contributed by atoms with Crippen LogP contribution in [-0.2, 0) is 9.47 Å². The molecule has 2 N–H and O–H groups in total. The summed E-state index contributed by atoms with van der Waals surface area (Å²) in [6, 6.07) is 0.0758. The molecule has 1 heterocycles. The maximum Gasteiger partial charge on any atom is 0.410 e. The van der Waals surface area contributed by atoms with Crippen molar-refractivity contribution >= 4 is 6.09 Å². The van der Waals surface area contributed by atoms with Crippen LogP contribution in [0.2, 0.25) is 0 Å². The van der Waals surface area contributed by atoms with Crippen LogP contribution in [0.15, 0.2) is 0 Å². The van der Waals surface area contributed by atoms with Gasteiger partial charge in [0.15, 0.2) is 0 Å². The first-order valence-electron chi connectivity index (χ1n) is 6.68. The largest absolute Gasteiger partial charge is 0.450 e. The van der Waals surface area contributed by atoms with E-state index in [9.17, 15) is 4.79 Å². The topological polar surface area (TPSA) is 64.8 Å². The molecule has 18 heavy (non-hydrogen) atoms. The Morgan fingerprint density at radius 1 is 1.44 bits per heavy atom. The molecule has 0 aliphatic carbocycles. The second-order valence-corrected chi connectivity index (χ2v) is 5.66. The van der Waals surface area contributed by atoms with Gasteiger partial charge in [0, 0.05) is 12.1 Å². The van der Waals surface area contributed by atoms with Crippen LogP contribution >= 0.6 is 0 Å². The van der Waals surface area contributed by atoms with Crippen LogP contribution in [0.25, 0.3) is 0 Å². The number of ether oxygens (including phenoxy) is 2. The van der Waals surface area contributed by atoms with Gasteiger partial charge >= 0.3 is 6.09 Å². The molecule has 0 aromatic carbocycles. The number of nitrogens with two attached hydrogens (primary N) is 1. The standard InChI is InChI=1S/C13H26N2O3/c1-5-17-12(16)15(13(2,3)4)10-6-7-11(8-14)18-9-10/h10-11H,5-9,14H2,1-4H3/t10-,11+/m1/s1. The Morgan fingerprint density at radius 2 is 2.11 bits per heavy atom. The lowest BCUT2D eigenvalue weighted by Gasteiger charge is -2.43. The minimum absolute atomic E-state index is 0.0758. The highest BCUT2D eigenvalue weighted by atomic mass is 16.6. The van der Waals surface area contributed by atoms with Crippen LogP contribution in [0.3, 0.4) is 0 Å². The molecule has 0 bridgehead atoms. The fourth-order valence-electron chi connectivity index (χ4n) is 2.35. The molecule has 5 heteroatoms. The molecule has 106 valence electrons. The van der Waals surface area contributed by atoms with E-state index in [-0.39, 0.29) is 23.8 Å². The minimum atomic E-state index is -0.268. The summed E-state index contributed by atoms with van der Waals surface area (Å²) >= 11 is 0.